The van der Waals surface area contributed by atoms with Gasteiger partial charge in [0.25, 0.3) is 5.91 Å². The second kappa shape index (κ2) is 6.96. The highest BCUT2D eigenvalue weighted by Crippen LogP contribution is 2.36. The third-order valence-electron chi connectivity index (χ3n) is 3.92. The van der Waals surface area contributed by atoms with Crippen molar-refractivity contribution in [2.24, 2.45) is 0 Å². The topological polar surface area (TPSA) is 47.6 Å². The van der Waals surface area contributed by atoms with Crippen molar-refractivity contribution < 1.29 is 14.3 Å². The second-order valence-electron chi connectivity index (χ2n) is 5.27. The molecule has 1 atom stereocenters. The van der Waals surface area contributed by atoms with Crippen LogP contribution in [0.2, 0.25) is 0 Å². The third kappa shape index (κ3) is 3.29. The van der Waals surface area contributed by atoms with Crippen LogP contribution in [-0.4, -0.2) is 25.9 Å². The highest BCUT2D eigenvalue weighted by molar-refractivity contribution is 7.99. The van der Waals surface area contributed by atoms with Gasteiger partial charge in [0.15, 0.2) is 0 Å². The van der Waals surface area contributed by atoms with Crippen molar-refractivity contribution in [2.45, 2.75) is 17.4 Å². The fourth-order valence-corrected chi connectivity index (χ4v) is 3.84. The zero-order valence-corrected chi connectivity index (χ0v) is 14.0. The van der Waals surface area contributed by atoms with Crippen molar-refractivity contribution in [2.75, 3.05) is 20.0 Å². The van der Waals surface area contributed by atoms with Crippen molar-refractivity contribution in [3.8, 4) is 11.5 Å². The van der Waals surface area contributed by atoms with E-state index in [0.717, 1.165) is 12.2 Å². The number of thioether (sulfide) groups is 1. The van der Waals surface area contributed by atoms with Crippen LogP contribution in [0.1, 0.15) is 28.4 Å². The summed E-state index contributed by atoms with van der Waals surface area (Å²) in [5.41, 5.74) is 1.67. The molecule has 1 aliphatic heterocycles. The molecule has 0 aliphatic carbocycles. The standard InChI is InChI=1S/C18H19NO3S/c1-21-12-7-8-16(22-2)14(11-12)18(20)19-15-9-10-23-17-6-4-3-5-13(15)17/h3-8,11,15H,9-10H2,1-2H3,(H,19,20)/t15-/m1/s1. The van der Waals surface area contributed by atoms with Gasteiger partial charge in [-0.3, -0.25) is 4.79 Å². The Kier molecular flexibility index (Phi) is 4.76. The second-order valence-corrected chi connectivity index (χ2v) is 6.40. The molecule has 1 heterocycles. The van der Waals surface area contributed by atoms with E-state index in [1.165, 1.54) is 10.5 Å². The summed E-state index contributed by atoms with van der Waals surface area (Å²) in [6.07, 6.45) is 0.916. The minimum Gasteiger partial charge on any atom is -0.497 e. The van der Waals surface area contributed by atoms with Gasteiger partial charge < -0.3 is 14.8 Å². The van der Waals surface area contributed by atoms with Gasteiger partial charge in [0.2, 0.25) is 0 Å². The van der Waals surface area contributed by atoms with E-state index in [1.54, 1.807) is 32.4 Å². The van der Waals surface area contributed by atoms with Crippen molar-refractivity contribution in [1.29, 1.82) is 0 Å². The van der Waals surface area contributed by atoms with E-state index >= 15 is 0 Å². The van der Waals surface area contributed by atoms with Crippen molar-refractivity contribution in [3.63, 3.8) is 0 Å². The van der Waals surface area contributed by atoms with Crippen LogP contribution in [0.15, 0.2) is 47.4 Å². The summed E-state index contributed by atoms with van der Waals surface area (Å²) >= 11 is 1.83. The summed E-state index contributed by atoms with van der Waals surface area (Å²) in [5, 5.41) is 3.13. The summed E-state index contributed by atoms with van der Waals surface area (Å²) in [6, 6.07) is 13.5. The molecule has 2 aromatic carbocycles. The maximum absolute atomic E-state index is 12.7. The molecule has 2 aromatic rings. The van der Waals surface area contributed by atoms with Gasteiger partial charge in [0, 0.05) is 10.6 Å². The highest BCUT2D eigenvalue weighted by atomic mass is 32.2. The van der Waals surface area contributed by atoms with Crippen LogP contribution in [0, 0.1) is 0 Å². The molecule has 3 rings (SSSR count). The smallest absolute Gasteiger partial charge is 0.255 e. The van der Waals surface area contributed by atoms with Crippen molar-refractivity contribution >= 4 is 17.7 Å². The van der Waals surface area contributed by atoms with Crippen LogP contribution < -0.4 is 14.8 Å². The summed E-state index contributed by atoms with van der Waals surface area (Å²) in [4.78, 5) is 14.0. The summed E-state index contributed by atoms with van der Waals surface area (Å²) in [6.45, 7) is 0. The first kappa shape index (κ1) is 15.7. The number of methoxy groups -OCH3 is 2. The quantitative estimate of drug-likeness (QED) is 0.930. The summed E-state index contributed by atoms with van der Waals surface area (Å²) in [7, 11) is 3.14. The van der Waals surface area contributed by atoms with E-state index < -0.39 is 0 Å². The van der Waals surface area contributed by atoms with Gasteiger partial charge >= 0.3 is 0 Å². The molecule has 0 fully saturated rings. The maximum Gasteiger partial charge on any atom is 0.255 e. The molecule has 4 nitrogen and oxygen atoms in total. The van der Waals surface area contributed by atoms with Gasteiger partial charge in [-0.1, -0.05) is 18.2 Å². The van der Waals surface area contributed by atoms with Crippen LogP contribution >= 0.6 is 11.8 Å². The van der Waals surface area contributed by atoms with Crippen LogP contribution in [-0.2, 0) is 0 Å². The molecule has 0 radical (unpaired) electrons. The average molecular weight is 329 g/mol. The lowest BCUT2D eigenvalue weighted by molar-refractivity contribution is 0.0931. The van der Waals surface area contributed by atoms with E-state index in [2.05, 4.69) is 17.4 Å². The number of benzene rings is 2. The SMILES string of the molecule is COc1ccc(OC)c(C(=O)N[C@@H]2CCSc3ccccc32)c1. The van der Waals surface area contributed by atoms with E-state index in [1.807, 2.05) is 23.9 Å². The molecule has 1 N–H and O–H groups in total. The number of hydrogen-bond donors (Lipinski definition) is 1. The molecule has 0 saturated heterocycles. The number of carbonyl (C=O) groups is 1. The Bertz CT molecular complexity index is 717. The number of hydrogen-bond acceptors (Lipinski definition) is 4. The molecule has 0 saturated carbocycles. The minimum atomic E-state index is -0.146. The number of amides is 1. The fourth-order valence-electron chi connectivity index (χ4n) is 2.72. The lowest BCUT2D eigenvalue weighted by atomic mass is 10.0. The molecule has 1 amide bonds. The molecule has 0 spiro atoms. The van der Waals surface area contributed by atoms with E-state index in [4.69, 9.17) is 9.47 Å². The molecular weight excluding hydrogens is 310 g/mol. The molecule has 0 aromatic heterocycles. The fraction of sp³-hybridized carbons (Fsp3) is 0.278. The first-order valence-corrected chi connectivity index (χ1v) is 8.46. The number of carbonyl (C=O) groups excluding carboxylic acids is 1. The number of rotatable bonds is 4. The van der Waals surface area contributed by atoms with Crippen molar-refractivity contribution in [3.05, 3.63) is 53.6 Å². The molecule has 0 unspecified atom stereocenters. The van der Waals surface area contributed by atoms with Gasteiger partial charge in [0.05, 0.1) is 25.8 Å². The van der Waals surface area contributed by atoms with Gasteiger partial charge in [-0.25, -0.2) is 0 Å². The van der Waals surface area contributed by atoms with Gasteiger partial charge in [-0.15, -0.1) is 11.8 Å². The summed E-state index contributed by atoms with van der Waals surface area (Å²) < 4.78 is 10.5. The molecule has 0 bridgehead atoms. The predicted molar refractivity (Wildman–Crippen MR) is 91.5 cm³/mol. The van der Waals surface area contributed by atoms with E-state index in [9.17, 15) is 4.79 Å². The van der Waals surface area contributed by atoms with Crippen LogP contribution in [0.4, 0.5) is 0 Å². The predicted octanol–water partition coefficient (Wildman–Crippen LogP) is 3.67. The third-order valence-corrected chi connectivity index (χ3v) is 5.04. The molecule has 23 heavy (non-hydrogen) atoms. The Balaban J connectivity index is 1.86. The lowest BCUT2D eigenvalue weighted by Crippen LogP contribution is -2.30. The first-order chi connectivity index (χ1) is 11.2. The Hall–Kier alpha value is -2.14. The van der Waals surface area contributed by atoms with Gasteiger partial charge in [-0.2, -0.15) is 0 Å². The number of ether oxygens (including phenoxy) is 2. The average Bonchev–Trinajstić information content (AvgIpc) is 2.61. The molecular formula is C18H19NO3S. The normalized spacial score (nSPS) is 16.3. The Morgan fingerprint density at radius 2 is 2.00 bits per heavy atom. The van der Waals surface area contributed by atoms with Crippen LogP contribution in [0.25, 0.3) is 0 Å². The Morgan fingerprint density at radius 3 is 2.78 bits per heavy atom. The van der Waals surface area contributed by atoms with E-state index in [0.29, 0.717) is 17.1 Å². The minimum absolute atomic E-state index is 0.0239. The molecule has 1 aliphatic rings. The number of nitrogens with one attached hydrogen (secondary N) is 1. The Morgan fingerprint density at radius 1 is 1.17 bits per heavy atom. The zero-order chi connectivity index (χ0) is 16.2. The number of fused-ring (bicyclic) bond motifs is 1. The van der Waals surface area contributed by atoms with Crippen LogP contribution in [0.5, 0.6) is 11.5 Å². The zero-order valence-electron chi connectivity index (χ0n) is 13.2. The molecule has 5 heteroatoms. The molecule has 120 valence electrons. The first-order valence-electron chi connectivity index (χ1n) is 7.47. The largest absolute Gasteiger partial charge is 0.497 e. The lowest BCUT2D eigenvalue weighted by Gasteiger charge is -2.26. The highest BCUT2D eigenvalue weighted by Gasteiger charge is 2.23. The van der Waals surface area contributed by atoms with Gasteiger partial charge in [0.1, 0.15) is 11.5 Å². The maximum atomic E-state index is 12.7. The summed E-state index contributed by atoms with van der Waals surface area (Å²) in [5.74, 6) is 2.03. The van der Waals surface area contributed by atoms with E-state index in [-0.39, 0.29) is 11.9 Å². The van der Waals surface area contributed by atoms with Crippen LogP contribution in [0.3, 0.4) is 0 Å². The Labute approximate surface area is 140 Å². The monoisotopic (exact) mass is 329 g/mol. The van der Waals surface area contributed by atoms with Crippen molar-refractivity contribution in [1.82, 2.24) is 5.32 Å². The van der Waals surface area contributed by atoms with Gasteiger partial charge in [-0.05, 0) is 36.2 Å².